The Morgan fingerprint density at radius 3 is 2.50 bits per heavy atom. The van der Waals surface area contributed by atoms with E-state index in [0.717, 1.165) is 0 Å². The highest BCUT2D eigenvalue weighted by molar-refractivity contribution is 6.32. The highest BCUT2D eigenvalue weighted by Crippen LogP contribution is 2.37. The minimum Gasteiger partial charge on any atom is -0.495 e. The van der Waals surface area contributed by atoms with Gasteiger partial charge in [0.25, 0.3) is 0 Å². The van der Waals surface area contributed by atoms with Crippen molar-refractivity contribution in [1.29, 1.82) is 0 Å². The van der Waals surface area contributed by atoms with Crippen molar-refractivity contribution in [2.24, 2.45) is 0 Å². The molecular weight excluding hydrogens is 279 g/mol. The predicted molar refractivity (Wildman–Crippen MR) is 77.7 cm³/mol. The first-order valence-electron chi connectivity index (χ1n) is 6.33. The number of rotatable bonds is 4. The second-order valence-corrected chi connectivity index (χ2v) is 4.98. The summed E-state index contributed by atoms with van der Waals surface area (Å²) in [5.74, 6) is 0.0998. The van der Waals surface area contributed by atoms with Crippen LogP contribution in [0.25, 0.3) is 0 Å². The summed E-state index contributed by atoms with van der Waals surface area (Å²) in [5.41, 5.74) is -0.156. The molecule has 1 unspecified atom stereocenters. The van der Waals surface area contributed by atoms with Crippen LogP contribution in [0.1, 0.15) is 24.5 Å². The second kappa shape index (κ2) is 5.81. The van der Waals surface area contributed by atoms with Crippen LogP contribution in [-0.4, -0.2) is 12.2 Å². The summed E-state index contributed by atoms with van der Waals surface area (Å²) in [6.45, 7) is 1.84. The molecule has 20 heavy (non-hydrogen) atoms. The molecule has 0 radical (unpaired) electrons. The quantitative estimate of drug-likeness (QED) is 0.918. The van der Waals surface area contributed by atoms with Crippen LogP contribution < -0.4 is 4.74 Å². The fraction of sp³-hybridized carbons (Fsp3) is 0.250. The summed E-state index contributed by atoms with van der Waals surface area (Å²) >= 11 is 5.99. The smallest absolute Gasteiger partial charge is 0.137 e. The van der Waals surface area contributed by atoms with Gasteiger partial charge in [0.15, 0.2) is 0 Å². The molecule has 2 rings (SSSR count). The summed E-state index contributed by atoms with van der Waals surface area (Å²) in [6, 6.07) is 11.0. The van der Waals surface area contributed by atoms with Gasteiger partial charge in [-0.25, -0.2) is 4.39 Å². The second-order valence-electron chi connectivity index (χ2n) is 4.57. The van der Waals surface area contributed by atoms with Gasteiger partial charge in [-0.2, -0.15) is 0 Å². The van der Waals surface area contributed by atoms with Gasteiger partial charge in [-0.1, -0.05) is 36.7 Å². The summed E-state index contributed by atoms with van der Waals surface area (Å²) in [5, 5.41) is 11.4. The maximum absolute atomic E-state index is 13.4. The molecule has 1 N–H and O–H groups in total. The zero-order valence-electron chi connectivity index (χ0n) is 11.4. The Hall–Kier alpha value is -1.58. The van der Waals surface area contributed by atoms with Crippen LogP contribution in [0, 0.1) is 5.82 Å². The maximum Gasteiger partial charge on any atom is 0.137 e. The first kappa shape index (κ1) is 14.8. The van der Waals surface area contributed by atoms with Crippen LogP contribution in [0.3, 0.4) is 0 Å². The van der Waals surface area contributed by atoms with Gasteiger partial charge in [0, 0.05) is 0 Å². The highest BCUT2D eigenvalue weighted by atomic mass is 35.5. The Morgan fingerprint density at radius 2 is 1.90 bits per heavy atom. The van der Waals surface area contributed by atoms with Crippen LogP contribution in [0.2, 0.25) is 5.02 Å². The Bertz CT molecular complexity index is 615. The third-order valence-corrected chi connectivity index (χ3v) is 3.75. The highest BCUT2D eigenvalue weighted by Gasteiger charge is 2.30. The number of ether oxygens (including phenoxy) is 1. The average molecular weight is 295 g/mol. The van der Waals surface area contributed by atoms with Crippen LogP contribution in [0.15, 0.2) is 42.5 Å². The van der Waals surface area contributed by atoms with Gasteiger partial charge in [0.2, 0.25) is 0 Å². The van der Waals surface area contributed by atoms with Crippen molar-refractivity contribution in [3.05, 3.63) is 64.4 Å². The monoisotopic (exact) mass is 294 g/mol. The van der Waals surface area contributed by atoms with Crippen LogP contribution in [-0.2, 0) is 5.60 Å². The first-order chi connectivity index (χ1) is 9.51. The molecule has 0 amide bonds. The number of methoxy groups -OCH3 is 1. The van der Waals surface area contributed by atoms with Crippen molar-refractivity contribution in [3.8, 4) is 5.75 Å². The van der Waals surface area contributed by atoms with Crippen molar-refractivity contribution < 1.29 is 14.2 Å². The van der Waals surface area contributed by atoms with Crippen LogP contribution >= 0.6 is 11.6 Å². The Balaban J connectivity index is 2.55. The molecule has 106 valence electrons. The van der Waals surface area contributed by atoms with Gasteiger partial charge in [-0.05, 0) is 41.8 Å². The zero-order valence-corrected chi connectivity index (χ0v) is 12.1. The predicted octanol–water partition coefficient (Wildman–Crippen LogP) is 4.13. The summed E-state index contributed by atoms with van der Waals surface area (Å²) < 4.78 is 18.6. The van der Waals surface area contributed by atoms with Crippen LogP contribution in [0.5, 0.6) is 5.75 Å². The van der Waals surface area contributed by atoms with E-state index in [0.29, 0.717) is 28.3 Å². The molecule has 0 aliphatic heterocycles. The van der Waals surface area contributed by atoms with E-state index < -0.39 is 5.60 Å². The molecular formula is C16H16ClFO2. The van der Waals surface area contributed by atoms with E-state index >= 15 is 0 Å². The lowest BCUT2D eigenvalue weighted by atomic mass is 9.84. The minimum atomic E-state index is -1.28. The lowest BCUT2D eigenvalue weighted by molar-refractivity contribution is 0.0759. The summed E-state index contributed by atoms with van der Waals surface area (Å²) in [7, 11) is 1.51. The van der Waals surface area contributed by atoms with Gasteiger partial charge >= 0.3 is 0 Å². The molecule has 0 saturated heterocycles. The number of halogens is 2. The fourth-order valence-corrected chi connectivity index (χ4v) is 2.43. The molecule has 2 nitrogen and oxygen atoms in total. The standard InChI is InChI=1S/C16H16ClFO2/c1-3-16(19,11-5-4-6-13(18)9-11)12-7-8-14(17)15(10-12)20-2/h4-10,19H,3H2,1-2H3. The molecule has 0 aliphatic rings. The molecule has 0 bridgehead atoms. The molecule has 0 aliphatic carbocycles. The zero-order chi connectivity index (χ0) is 14.8. The van der Waals surface area contributed by atoms with E-state index in [2.05, 4.69) is 0 Å². The molecule has 4 heteroatoms. The van der Waals surface area contributed by atoms with Gasteiger partial charge in [0.1, 0.15) is 17.2 Å². The topological polar surface area (TPSA) is 29.5 Å². The number of benzene rings is 2. The molecule has 0 heterocycles. The Labute approximate surface area is 122 Å². The lowest BCUT2D eigenvalue weighted by Crippen LogP contribution is -2.26. The number of aliphatic hydroxyl groups is 1. The normalized spacial score (nSPS) is 13.8. The van der Waals surface area contributed by atoms with Gasteiger partial charge < -0.3 is 9.84 Å². The fourth-order valence-electron chi connectivity index (χ4n) is 2.24. The molecule has 2 aromatic rings. The van der Waals surface area contributed by atoms with Gasteiger partial charge in [-0.3, -0.25) is 0 Å². The van der Waals surface area contributed by atoms with Gasteiger partial charge in [-0.15, -0.1) is 0 Å². The van der Waals surface area contributed by atoms with E-state index in [1.54, 1.807) is 30.3 Å². The van der Waals surface area contributed by atoms with Crippen molar-refractivity contribution in [1.82, 2.24) is 0 Å². The molecule has 0 saturated carbocycles. The minimum absolute atomic E-state index is 0.379. The van der Waals surface area contributed by atoms with Crippen molar-refractivity contribution >= 4 is 11.6 Å². The molecule has 0 aromatic heterocycles. The summed E-state index contributed by atoms with van der Waals surface area (Å²) in [6.07, 6.45) is 0.404. The average Bonchev–Trinajstić information content (AvgIpc) is 2.47. The van der Waals surface area contributed by atoms with E-state index in [1.807, 2.05) is 6.92 Å². The van der Waals surface area contributed by atoms with E-state index in [-0.39, 0.29) is 5.82 Å². The third-order valence-electron chi connectivity index (χ3n) is 3.44. The van der Waals surface area contributed by atoms with E-state index in [1.165, 1.54) is 19.2 Å². The van der Waals surface area contributed by atoms with E-state index in [4.69, 9.17) is 16.3 Å². The summed E-state index contributed by atoms with van der Waals surface area (Å²) in [4.78, 5) is 0. The lowest BCUT2D eigenvalue weighted by Gasteiger charge is -2.28. The maximum atomic E-state index is 13.4. The third kappa shape index (κ3) is 2.65. The van der Waals surface area contributed by atoms with Gasteiger partial charge in [0.05, 0.1) is 12.1 Å². The Kier molecular flexibility index (Phi) is 4.31. The van der Waals surface area contributed by atoms with Crippen LogP contribution in [0.4, 0.5) is 4.39 Å². The largest absolute Gasteiger partial charge is 0.495 e. The SMILES string of the molecule is CCC(O)(c1cccc(F)c1)c1ccc(Cl)c(OC)c1. The number of hydrogen-bond donors (Lipinski definition) is 1. The Morgan fingerprint density at radius 1 is 1.20 bits per heavy atom. The number of hydrogen-bond acceptors (Lipinski definition) is 2. The molecule has 2 aromatic carbocycles. The van der Waals surface area contributed by atoms with Crippen molar-refractivity contribution in [3.63, 3.8) is 0 Å². The first-order valence-corrected chi connectivity index (χ1v) is 6.71. The van der Waals surface area contributed by atoms with E-state index in [9.17, 15) is 9.50 Å². The molecule has 0 spiro atoms. The molecule has 0 fully saturated rings. The van der Waals surface area contributed by atoms with Crippen molar-refractivity contribution in [2.45, 2.75) is 18.9 Å². The molecule has 1 atom stereocenters. The van der Waals surface area contributed by atoms with Crippen molar-refractivity contribution in [2.75, 3.05) is 7.11 Å².